The third-order valence-corrected chi connectivity index (χ3v) is 3.12. The lowest BCUT2D eigenvalue weighted by Crippen LogP contribution is -2.37. The maximum atomic E-state index is 11.7. The number of anilines is 1. The summed E-state index contributed by atoms with van der Waals surface area (Å²) in [7, 11) is 1.61. The largest absolute Gasteiger partial charge is 0.497 e. The Hall–Kier alpha value is -2.57. The molecule has 124 valence electrons. The molecule has 0 atom stereocenters. The summed E-state index contributed by atoms with van der Waals surface area (Å²) < 4.78 is 10.3. The first-order chi connectivity index (χ1) is 10.9. The highest BCUT2D eigenvalue weighted by molar-refractivity contribution is 5.81. The van der Waals surface area contributed by atoms with Crippen LogP contribution >= 0.6 is 0 Å². The first-order valence-electron chi connectivity index (χ1n) is 7.40. The second-order valence-electron chi connectivity index (χ2n) is 6.09. The predicted molar refractivity (Wildman–Crippen MR) is 87.2 cm³/mol. The van der Waals surface area contributed by atoms with E-state index in [0.29, 0.717) is 24.9 Å². The molecule has 23 heavy (non-hydrogen) atoms. The van der Waals surface area contributed by atoms with Crippen LogP contribution in [0.3, 0.4) is 0 Å². The molecule has 7 nitrogen and oxygen atoms in total. The van der Waals surface area contributed by atoms with Gasteiger partial charge in [0, 0.05) is 24.1 Å². The van der Waals surface area contributed by atoms with E-state index in [9.17, 15) is 4.79 Å². The lowest BCUT2D eigenvalue weighted by atomic mass is 9.96. The normalized spacial score (nSPS) is 11.1. The van der Waals surface area contributed by atoms with Crippen molar-refractivity contribution >= 4 is 11.9 Å². The van der Waals surface area contributed by atoms with Crippen LogP contribution in [0.25, 0.3) is 11.4 Å². The molecule has 0 saturated carbocycles. The molecule has 2 N–H and O–H groups in total. The van der Waals surface area contributed by atoms with Crippen molar-refractivity contribution in [3.8, 4) is 17.1 Å². The van der Waals surface area contributed by atoms with Crippen molar-refractivity contribution in [2.45, 2.75) is 20.8 Å². The number of carbonyl (C=O) groups excluding carboxylic acids is 1. The van der Waals surface area contributed by atoms with E-state index in [1.165, 1.54) is 0 Å². The van der Waals surface area contributed by atoms with E-state index in [1.54, 1.807) is 7.11 Å². The summed E-state index contributed by atoms with van der Waals surface area (Å²) in [5, 5.41) is 9.75. The molecular formula is C16H22N4O3. The molecule has 0 unspecified atom stereocenters. The lowest BCUT2D eigenvalue weighted by molar-refractivity contribution is -0.128. The van der Waals surface area contributed by atoms with E-state index in [2.05, 4.69) is 20.8 Å². The molecule has 1 amide bonds. The Morgan fingerprint density at radius 3 is 2.78 bits per heavy atom. The molecule has 0 radical (unpaired) electrons. The standard InChI is InChI=1S/C16H22N4O3/c1-16(2,3)14(21)17-8-9-18-15-19-13(20-23-15)11-6-5-7-12(10-11)22-4/h5-7,10H,8-9H2,1-4H3,(H,17,21)(H,18,19,20). The van der Waals surface area contributed by atoms with Crippen molar-refractivity contribution in [3.05, 3.63) is 24.3 Å². The quantitative estimate of drug-likeness (QED) is 0.795. The number of nitrogens with zero attached hydrogens (tertiary/aromatic N) is 2. The topological polar surface area (TPSA) is 89.3 Å². The number of aromatic nitrogens is 2. The second kappa shape index (κ2) is 7.13. The Morgan fingerprint density at radius 2 is 2.09 bits per heavy atom. The molecule has 1 aromatic heterocycles. The number of nitrogens with one attached hydrogen (secondary N) is 2. The zero-order chi connectivity index (χ0) is 16.9. The minimum absolute atomic E-state index is 0.00176. The molecule has 0 aliphatic carbocycles. The first kappa shape index (κ1) is 16.8. The number of amides is 1. The Labute approximate surface area is 135 Å². The van der Waals surface area contributed by atoms with Gasteiger partial charge in [-0.15, -0.1) is 0 Å². The predicted octanol–water partition coefficient (Wildman–Crippen LogP) is 2.32. The molecule has 0 fully saturated rings. The molecule has 1 heterocycles. The molecule has 0 aliphatic heterocycles. The van der Waals surface area contributed by atoms with Crippen LogP contribution in [0.5, 0.6) is 5.75 Å². The van der Waals surface area contributed by atoms with Gasteiger partial charge in [-0.2, -0.15) is 4.98 Å². The van der Waals surface area contributed by atoms with Crippen LogP contribution in [0, 0.1) is 5.41 Å². The summed E-state index contributed by atoms with van der Waals surface area (Å²) in [5.74, 6) is 1.21. The molecule has 0 spiro atoms. The SMILES string of the molecule is COc1cccc(-c2noc(NCCNC(=O)C(C)(C)C)n2)c1. The van der Waals surface area contributed by atoms with Crippen molar-refractivity contribution in [2.75, 3.05) is 25.5 Å². The van der Waals surface area contributed by atoms with Gasteiger partial charge in [-0.05, 0) is 12.1 Å². The molecule has 2 rings (SSSR count). The summed E-state index contributed by atoms with van der Waals surface area (Å²) in [6.07, 6.45) is 0. The van der Waals surface area contributed by atoms with Crippen LogP contribution in [0.2, 0.25) is 0 Å². The van der Waals surface area contributed by atoms with Gasteiger partial charge in [-0.3, -0.25) is 4.79 Å². The minimum atomic E-state index is -0.399. The lowest BCUT2D eigenvalue weighted by Gasteiger charge is -2.17. The van der Waals surface area contributed by atoms with E-state index in [0.717, 1.165) is 11.3 Å². The highest BCUT2D eigenvalue weighted by Crippen LogP contribution is 2.22. The summed E-state index contributed by atoms with van der Waals surface area (Å²) >= 11 is 0. The van der Waals surface area contributed by atoms with Crippen molar-refractivity contribution in [3.63, 3.8) is 0 Å². The third kappa shape index (κ3) is 4.70. The monoisotopic (exact) mass is 318 g/mol. The van der Waals surface area contributed by atoms with Crippen LogP contribution in [0.1, 0.15) is 20.8 Å². The van der Waals surface area contributed by atoms with Gasteiger partial charge in [-0.25, -0.2) is 0 Å². The van der Waals surface area contributed by atoms with Crippen molar-refractivity contribution in [1.82, 2.24) is 15.5 Å². The van der Waals surface area contributed by atoms with Crippen LogP contribution < -0.4 is 15.4 Å². The van der Waals surface area contributed by atoms with Gasteiger partial charge >= 0.3 is 6.01 Å². The number of hydrogen-bond acceptors (Lipinski definition) is 6. The third-order valence-electron chi connectivity index (χ3n) is 3.12. The van der Waals surface area contributed by atoms with E-state index >= 15 is 0 Å². The average Bonchev–Trinajstić information content (AvgIpc) is 2.99. The van der Waals surface area contributed by atoms with E-state index < -0.39 is 5.41 Å². The number of carbonyl (C=O) groups is 1. The number of rotatable bonds is 6. The average molecular weight is 318 g/mol. The highest BCUT2D eigenvalue weighted by atomic mass is 16.5. The number of ether oxygens (including phenoxy) is 1. The molecule has 2 aromatic rings. The van der Waals surface area contributed by atoms with Crippen LogP contribution in [-0.2, 0) is 4.79 Å². The summed E-state index contributed by atoms with van der Waals surface area (Å²) in [4.78, 5) is 16.0. The zero-order valence-electron chi connectivity index (χ0n) is 13.8. The number of benzene rings is 1. The van der Waals surface area contributed by atoms with Crippen LogP contribution in [-0.4, -0.2) is 36.2 Å². The molecular weight excluding hydrogens is 296 g/mol. The maximum Gasteiger partial charge on any atom is 0.321 e. The van der Waals surface area contributed by atoms with E-state index in [4.69, 9.17) is 9.26 Å². The molecule has 0 aliphatic rings. The van der Waals surface area contributed by atoms with Crippen molar-refractivity contribution in [2.24, 2.45) is 5.41 Å². The van der Waals surface area contributed by atoms with Gasteiger partial charge in [0.15, 0.2) is 0 Å². The van der Waals surface area contributed by atoms with Gasteiger partial charge in [0.25, 0.3) is 0 Å². The highest BCUT2D eigenvalue weighted by Gasteiger charge is 2.20. The zero-order valence-corrected chi connectivity index (χ0v) is 13.8. The van der Waals surface area contributed by atoms with Gasteiger partial charge < -0.3 is 19.9 Å². The van der Waals surface area contributed by atoms with Gasteiger partial charge in [0.2, 0.25) is 11.7 Å². The molecule has 0 saturated heterocycles. The molecule has 7 heteroatoms. The second-order valence-corrected chi connectivity index (χ2v) is 6.09. The van der Waals surface area contributed by atoms with Crippen molar-refractivity contribution < 1.29 is 14.1 Å². The molecule has 1 aromatic carbocycles. The Morgan fingerprint density at radius 1 is 1.30 bits per heavy atom. The molecule has 0 bridgehead atoms. The van der Waals surface area contributed by atoms with Crippen LogP contribution in [0.15, 0.2) is 28.8 Å². The Bertz CT molecular complexity index is 661. The van der Waals surface area contributed by atoms with Crippen LogP contribution in [0.4, 0.5) is 6.01 Å². The maximum absolute atomic E-state index is 11.7. The fourth-order valence-electron chi connectivity index (χ4n) is 1.79. The fraction of sp³-hybridized carbons (Fsp3) is 0.438. The summed E-state index contributed by atoms with van der Waals surface area (Å²) in [6, 6.07) is 7.73. The Balaban J connectivity index is 1.86. The smallest absolute Gasteiger partial charge is 0.321 e. The van der Waals surface area contributed by atoms with E-state index in [-0.39, 0.29) is 5.91 Å². The van der Waals surface area contributed by atoms with Gasteiger partial charge in [0.05, 0.1) is 7.11 Å². The summed E-state index contributed by atoms with van der Waals surface area (Å²) in [6.45, 7) is 6.59. The van der Waals surface area contributed by atoms with Crippen molar-refractivity contribution in [1.29, 1.82) is 0 Å². The minimum Gasteiger partial charge on any atom is -0.497 e. The van der Waals surface area contributed by atoms with E-state index in [1.807, 2.05) is 45.0 Å². The van der Waals surface area contributed by atoms with Gasteiger partial charge in [0.1, 0.15) is 5.75 Å². The Kier molecular flexibility index (Phi) is 5.20. The first-order valence-corrected chi connectivity index (χ1v) is 7.40. The van der Waals surface area contributed by atoms with Gasteiger partial charge in [-0.1, -0.05) is 38.1 Å². The fourth-order valence-corrected chi connectivity index (χ4v) is 1.79. The number of methoxy groups -OCH3 is 1. The number of hydrogen-bond donors (Lipinski definition) is 2. The summed E-state index contributed by atoms with van der Waals surface area (Å²) in [5.41, 5.74) is 0.409.